The summed E-state index contributed by atoms with van der Waals surface area (Å²) in [5.41, 5.74) is 1.83. The van der Waals surface area contributed by atoms with Crippen molar-refractivity contribution in [1.29, 1.82) is 0 Å². The van der Waals surface area contributed by atoms with Gasteiger partial charge in [-0.05, 0) is 42.0 Å². The summed E-state index contributed by atoms with van der Waals surface area (Å²) in [7, 11) is 0. The van der Waals surface area contributed by atoms with Crippen molar-refractivity contribution in [3.63, 3.8) is 0 Å². The van der Waals surface area contributed by atoms with Gasteiger partial charge in [0, 0.05) is 18.2 Å². The maximum absolute atomic E-state index is 13.1. The number of nitrogens with zero attached hydrogens (tertiary/aromatic N) is 2. The predicted octanol–water partition coefficient (Wildman–Crippen LogP) is 2.94. The van der Waals surface area contributed by atoms with Gasteiger partial charge < -0.3 is 10.3 Å². The van der Waals surface area contributed by atoms with E-state index < -0.39 is 4.92 Å². The highest BCUT2D eigenvalue weighted by molar-refractivity contribution is 5.91. The van der Waals surface area contributed by atoms with E-state index >= 15 is 0 Å². The second kappa shape index (κ2) is 6.91. The lowest BCUT2D eigenvalue weighted by Gasteiger charge is -1.98. The van der Waals surface area contributed by atoms with Gasteiger partial charge in [-0.3, -0.25) is 14.9 Å². The van der Waals surface area contributed by atoms with E-state index in [1.165, 1.54) is 30.3 Å². The molecule has 0 fully saturated rings. The van der Waals surface area contributed by atoms with Crippen LogP contribution in [-0.4, -0.2) is 20.8 Å². The number of nitrogens with one attached hydrogen (secondary N) is 2. The van der Waals surface area contributed by atoms with Crippen LogP contribution in [0.1, 0.15) is 11.4 Å². The predicted molar refractivity (Wildman–Crippen MR) is 90.0 cm³/mol. The van der Waals surface area contributed by atoms with Gasteiger partial charge in [0.15, 0.2) is 0 Å². The number of H-pyrrole nitrogens is 1. The molecule has 0 aliphatic rings. The van der Waals surface area contributed by atoms with E-state index in [9.17, 15) is 19.3 Å². The van der Waals surface area contributed by atoms with Crippen LogP contribution >= 0.6 is 0 Å². The van der Waals surface area contributed by atoms with E-state index in [-0.39, 0.29) is 24.0 Å². The third kappa shape index (κ3) is 4.05. The van der Waals surface area contributed by atoms with Crippen LogP contribution in [0.5, 0.6) is 0 Å². The van der Waals surface area contributed by atoms with Crippen molar-refractivity contribution in [2.45, 2.75) is 6.54 Å². The lowest BCUT2D eigenvalue weighted by atomic mass is 10.2. The molecule has 1 aromatic heterocycles. The molecule has 0 radical (unpaired) electrons. The van der Waals surface area contributed by atoms with Gasteiger partial charge in [0.25, 0.3) is 5.69 Å². The number of nitro groups is 1. The molecular weight excluding hydrogens is 327 g/mol. The lowest BCUT2D eigenvalue weighted by Crippen LogP contribution is -2.20. The van der Waals surface area contributed by atoms with Crippen molar-refractivity contribution in [2.24, 2.45) is 0 Å². The summed E-state index contributed by atoms with van der Waals surface area (Å²) in [4.78, 5) is 29.1. The van der Waals surface area contributed by atoms with Crippen LogP contribution < -0.4 is 5.32 Å². The molecule has 0 unspecified atom stereocenters. The smallest absolute Gasteiger partial charge is 0.269 e. The second-order valence-electron chi connectivity index (χ2n) is 5.24. The highest BCUT2D eigenvalue weighted by Gasteiger charge is 2.05. The molecule has 7 nitrogen and oxygen atoms in total. The highest BCUT2D eigenvalue weighted by atomic mass is 19.1. The van der Waals surface area contributed by atoms with E-state index in [0.717, 1.165) is 0 Å². The SMILES string of the molecule is O=C(/C=C/c1ccc([N+](=O)[O-])cc1)NCc1nc2ccc(F)cc2[nH]1. The Balaban J connectivity index is 1.58. The monoisotopic (exact) mass is 340 g/mol. The van der Waals surface area contributed by atoms with Crippen molar-refractivity contribution in [1.82, 2.24) is 15.3 Å². The Morgan fingerprint density at radius 3 is 2.76 bits per heavy atom. The zero-order chi connectivity index (χ0) is 17.8. The molecule has 25 heavy (non-hydrogen) atoms. The average Bonchev–Trinajstić information content (AvgIpc) is 3.00. The normalized spacial score (nSPS) is 11.1. The summed E-state index contributed by atoms with van der Waals surface area (Å²) in [6.07, 6.45) is 2.87. The van der Waals surface area contributed by atoms with Crippen molar-refractivity contribution in [3.8, 4) is 0 Å². The highest BCUT2D eigenvalue weighted by Crippen LogP contribution is 2.14. The van der Waals surface area contributed by atoms with Crippen LogP contribution in [0.25, 0.3) is 17.1 Å². The summed E-state index contributed by atoms with van der Waals surface area (Å²) in [6.45, 7) is 0.166. The lowest BCUT2D eigenvalue weighted by molar-refractivity contribution is -0.384. The number of carbonyl (C=O) groups excluding carboxylic acids is 1. The van der Waals surface area contributed by atoms with E-state index in [1.54, 1.807) is 24.3 Å². The summed E-state index contributed by atoms with van der Waals surface area (Å²) in [5.74, 6) is -0.194. The molecule has 0 bridgehead atoms. The summed E-state index contributed by atoms with van der Waals surface area (Å²) in [5, 5.41) is 13.2. The maximum Gasteiger partial charge on any atom is 0.269 e. The molecule has 0 aliphatic carbocycles. The number of non-ortho nitro benzene ring substituents is 1. The molecule has 0 atom stereocenters. The Hall–Kier alpha value is -3.55. The van der Waals surface area contributed by atoms with Crippen LogP contribution in [-0.2, 0) is 11.3 Å². The van der Waals surface area contributed by atoms with Crippen molar-refractivity contribution in [3.05, 3.63) is 75.9 Å². The standard InChI is InChI=1S/C17H13FN4O3/c18-12-4-7-14-15(9-12)21-16(20-14)10-19-17(23)8-3-11-1-5-13(6-2-11)22(24)25/h1-9H,10H2,(H,19,23)(H,20,21)/b8-3+. The fourth-order valence-corrected chi connectivity index (χ4v) is 2.23. The van der Waals surface area contributed by atoms with Crippen LogP contribution in [0.3, 0.4) is 0 Å². The molecule has 3 aromatic rings. The molecule has 0 saturated carbocycles. The molecule has 2 N–H and O–H groups in total. The van der Waals surface area contributed by atoms with Gasteiger partial charge >= 0.3 is 0 Å². The Morgan fingerprint density at radius 2 is 2.04 bits per heavy atom. The van der Waals surface area contributed by atoms with Crippen molar-refractivity contribution in [2.75, 3.05) is 0 Å². The number of hydrogen-bond donors (Lipinski definition) is 2. The molecule has 0 saturated heterocycles. The van der Waals surface area contributed by atoms with Crippen LogP contribution in [0.15, 0.2) is 48.5 Å². The maximum atomic E-state index is 13.1. The molecule has 0 spiro atoms. The number of benzene rings is 2. The first-order chi connectivity index (χ1) is 12.0. The first-order valence-corrected chi connectivity index (χ1v) is 7.36. The quantitative estimate of drug-likeness (QED) is 0.423. The Labute approximate surface area is 141 Å². The number of halogens is 1. The zero-order valence-corrected chi connectivity index (χ0v) is 12.9. The number of hydrogen-bond acceptors (Lipinski definition) is 4. The molecule has 2 aromatic carbocycles. The molecular formula is C17H13FN4O3. The Kier molecular flexibility index (Phi) is 4.51. The largest absolute Gasteiger partial charge is 0.345 e. The fourth-order valence-electron chi connectivity index (χ4n) is 2.23. The van der Waals surface area contributed by atoms with Gasteiger partial charge in [-0.2, -0.15) is 0 Å². The van der Waals surface area contributed by atoms with Gasteiger partial charge in [-0.15, -0.1) is 0 Å². The minimum atomic E-state index is -0.487. The number of amides is 1. The molecule has 8 heteroatoms. The van der Waals surface area contributed by atoms with Gasteiger partial charge in [0.2, 0.25) is 5.91 Å². The third-order valence-electron chi connectivity index (χ3n) is 3.45. The van der Waals surface area contributed by atoms with E-state index in [0.29, 0.717) is 22.4 Å². The number of carbonyl (C=O) groups is 1. The minimum Gasteiger partial charge on any atom is -0.345 e. The minimum absolute atomic E-state index is 0.0112. The van der Waals surface area contributed by atoms with Gasteiger partial charge in [0.05, 0.1) is 22.5 Å². The van der Waals surface area contributed by atoms with Crippen LogP contribution in [0.4, 0.5) is 10.1 Å². The summed E-state index contributed by atoms with van der Waals surface area (Å²) in [6, 6.07) is 10.0. The van der Waals surface area contributed by atoms with E-state index in [1.807, 2.05) is 0 Å². The number of aromatic amines is 1. The number of nitro benzene ring substituents is 1. The van der Waals surface area contributed by atoms with Gasteiger partial charge in [-0.25, -0.2) is 9.37 Å². The molecule has 3 rings (SSSR count). The number of imidazole rings is 1. The average molecular weight is 340 g/mol. The third-order valence-corrected chi connectivity index (χ3v) is 3.45. The Bertz CT molecular complexity index is 964. The number of fused-ring (bicyclic) bond motifs is 1. The Morgan fingerprint density at radius 1 is 1.28 bits per heavy atom. The van der Waals surface area contributed by atoms with Gasteiger partial charge in [0.1, 0.15) is 11.6 Å². The van der Waals surface area contributed by atoms with Crippen LogP contribution in [0, 0.1) is 15.9 Å². The summed E-state index contributed by atoms with van der Waals surface area (Å²) >= 11 is 0. The molecule has 0 aliphatic heterocycles. The van der Waals surface area contributed by atoms with Gasteiger partial charge in [-0.1, -0.05) is 0 Å². The fraction of sp³-hybridized carbons (Fsp3) is 0.0588. The molecule has 1 heterocycles. The first-order valence-electron chi connectivity index (χ1n) is 7.36. The summed E-state index contributed by atoms with van der Waals surface area (Å²) < 4.78 is 13.1. The number of rotatable bonds is 5. The second-order valence-corrected chi connectivity index (χ2v) is 5.24. The van der Waals surface area contributed by atoms with Crippen molar-refractivity contribution < 1.29 is 14.1 Å². The van der Waals surface area contributed by atoms with Crippen LogP contribution in [0.2, 0.25) is 0 Å². The van der Waals surface area contributed by atoms with Crippen molar-refractivity contribution >= 4 is 28.7 Å². The van der Waals surface area contributed by atoms with E-state index in [2.05, 4.69) is 15.3 Å². The molecule has 1 amide bonds. The topological polar surface area (TPSA) is 101 Å². The van der Waals surface area contributed by atoms with E-state index in [4.69, 9.17) is 0 Å². The number of aromatic nitrogens is 2. The molecule has 126 valence electrons. The zero-order valence-electron chi connectivity index (χ0n) is 12.9. The first kappa shape index (κ1) is 16.3.